The van der Waals surface area contributed by atoms with Crippen LogP contribution in [0.2, 0.25) is 0 Å². The number of carbonyl (C=O) groups excluding carboxylic acids is 1. The molecule has 2 aromatic rings. The van der Waals surface area contributed by atoms with Crippen LogP contribution in [0.15, 0.2) is 23.3 Å². The smallest absolute Gasteiger partial charge is 0.410 e. The molecule has 0 spiro atoms. The van der Waals surface area contributed by atoms with Crippen molar-refractivity contribution >= 4 is 23.8 Å². The van der Waals surface area contributed by atoms with Gasteiger partial charge in [0.2, 0.25) is 5.82 Å². The van der Waals surface area contributed by atoms with Crippen molar-refractivity contribution in [3.63, 3.8) is 0 Å². The highest BCUT2D eigenvalue weighted by atomic mass is 19.1. The van der Waals surface area contributed by atoms with Crippen molar-refractivity contribution in [3.8, 4) is 5.88 Å². The molecule has 3 heterocycles. The summed E-state index contributed by atoms with van der Waals surface area (Å²) in [5, 5.41) is 4.06. The first-order valence-electron chi connectivity index (χ1n) is 11.5. The molecule has 0 radical (unpaired) electrons. The van der Waals surface area contributed by atoms with E-state index < -0.39 is 23.4 Å². The van der Waals surface area contributed by atoms with Crippen molar-refractivity contribution in [1.29, 1.82) is 0 Å². The fourth-order valence-electron chi connectivity index (χ4n) is 3.92. The first-order valence-corrected chi connectivity index (χ1v) is 11.5. The van der Waals surface area contributed by atoms with E-state index in [9.17, 15) is 4.79 Å². The third kappa shape index (κ3) is 5.37. The van der Waals surface area contributed by atoms with E-state index in [2.05, 4.69) is 15.5 Å². The van der Waals surface area contributed by atoms with Gasteiger partial charge in [-0.2, -0.15) is 14.5 Å². The minimum Gasteiger partial charge on any atom is -0.474 e. The first-order chi connectivity index (χ1) is 16.4. The Balaban J connectivity index is 1.56. The van der Waals surface area contributed by atoms with Gasteiger partial charge in [0.1, 0.15) is 18.9 Å². The molecule has 1 amide bonds. The van der Waals surface area contributed by atoms with Gasteiger partial charge in [0, 0.05) is 13.1 Å². The number of piperidine rings is 1. The summed E-state index contributed by atoms with van der Waals surface area (Å²) in [6.07, 6.45) is 3.93. The largest absolute Gasteiger partial charge is 0.474 e. The van der Waals surface area contributed by atoms with E-state index in [-0.39, 0.29) is 24.8 Å². The van der Waals surface area contributed by atoms with E-state index >= 15 is 8.78 Å². The molecule has 1 aromatic heterocycles. The third-order valence-corrected chi connectivity index (χ3v) is 6.05. The van der Waals surface area contributed by atoms with Crippen LogP contribution in [0.5, 0.6) is 5.88 Å². The van der Waals surface area contributed by atoms with Crippen LogP contribution >= 0.6 is 0 Å². The van der Waals surface area contributed by atoms with Crippen LogP contribution in [0.1, 0.15) is 36.0 Å². The molecular weight excluding hydrogens is 444 g/mol. The van der Waals surface area contributed by atoms with Gasteiger partial charge in [0.05, 0.1) is 19.3 Å². The summed E-state index contributed by atoms with van der Waals surface area (Å²) in [5.41, 5.74) is 5.12. The number of hydrazone groups is 1. The van der Waals surface area contributed by atoms with Crippen molar-refractivity contribution < 1.29 is 23.0 Å². The number of amides is 1. The van der Waals surface area contributed by atoms with Crippen LogP contribution < -0.4 is 15.1 Å². The molecule has 0 atom stereocenters. The van der Waals surface area contributed by atoms with E-state index in [0.29, 0.717) is 26.2 Å². The summed E-state index contributed by atoms with van der Waals surface area (Å²) in [6.45, 7) is 6.21. The second kappa shape index (κ2) is 10.7. The molecule has 2 aliphatic heterocycles. The lowest BCUT2D eigenvalue weighted by Gasteiger charge is -2.29. The number of hydrogen-bond acceptors (Lipinski definition) is 7. The lowest BCUT2D eigenvalue weighted by Crippen LogP contribution is -2.32. The maximum absolute atomic E-state index is 15.4. The number of benzene rings is 1. The van der Waals surface area contributed by atoms with Gasteiger partial charge in [-0.1, -0.05) is 18.2 Å². The normalized spacial score (nSPS) is 16.3. The van der Waals surface area contributed by atoms with Crippen molar-refractivity contribution in [3.05, 3.63) is 46.5 Å². The van der Waals surface area contributed by atoms with Gasteiger partial charge in [-0.25, -0.2) is 9.18 Å². The number of hydrogen-bond donors (Lipinski definition) is 1. The molecule has 4 rings (SSSR count). The zero-order chi connectivity index (χ0) is 24.1. The second-order valence-corrected chi connectivity index (χ2v) is 8.45. The lowest BCUT2D eigenvalue weighted by atomic mass is 10.1. The minimum atomic E-state index is -0.973. The number of ether oxygens (including phenoxy) is 2. The Bertz CT molecular complexity index is 1070. The van der Waals surface area contributed by atoms with Crippen LogP contribution in [0, 0.1) is 25.5 Å². The van der Waals surface area contributed by atoms with Crippen molar-refractivity contribution in [2.75, 3.05) is 49.7 Å². The SMILES string of the molecule is Cc1ccc(/C=N/Nc2c(F)c(OCCN3CCOC3=O)nc(N3CCCCC3)c2F)cc1C. The highest BCUT2D eigenvalue weighted by Gasteiger charge is 2.27. The fourth-order valence-corrected chi connectivity index (χ4v) is 3.92. The van der Waals surface area contributed by atoms with Crippen LogP contribution in [0.4, 0.5) is 25.1 Å². The molecule has 1 aromatic carbocycles. The molecule has 0 aliphatic carbocycles. The number of rotatable bonds is 8. The predicted octanol–water partition coefficient (Wildman–Crippen LogP) is 4.24. The number of aryl methyl sites for hydroxylation is 2. The molecule has 1 N–H and O–H groups in total. The van der Waals surface area contributed by atoms with Crippen molar-refractivity contribution in [1.82, 2.24) is 9.88 Å². The molecule has 0 bridgehead atoms. The van der Waals surface area contributed by atoms with Gasteiger partial charge in [0.15, 0.2) is 11.6 Å². The molecule has 10 heteroatoms. The molecule has 0 saturated carbocycles. The van der Waals surface area contributed by atoms with Gasteiger partial charge in [-0.3, -0.25) is 5.43 Å². The quantitative estimate of drug-likeness (QED) is 0.456. The molecule has 182 valence electrons. The Morgan fingerprint density at radius 2 is 1.94 bits per heavy atom. The third-order valence-electron chi connectivity index (χ3n) is 6.05. The number of nitrogens with one attached hydrogen (secondary N) is 1. The summed E-state index contributed by atoms with van der Waals surface area (Å²) < 4.78 is 41.0. The average molecular weight is 474 g/mol. The van der Waals surface area contributed by atoms with Crippen molar-refractivity contribution in [2.45, 2.75) is 33.1 Å². The maximum Gasteiger partial charge on any atom is 0.410 e. The zero-order valence-electron chi connectivity index (χ0n) is 19.4. The Labute approximate surface area is 197 Å². The van der Waals surface area contributed by atoms with Crippen LogP contribution in [-0.4, -0.2) is 61.6 Å². The number of cyclic esters (lactones) is 1. The van der Waals surface area contributed by atoms with E-state index in [1.54, 1.807) is 4.90 Å². The predicted molar refractivity (Wildman–Crippen MR) is 126 cm³/mol. The Morgan fingerprint density at radius 1 is 1.15 bits per heavy atom. The first kappa shape index (κ1) is 23.7. The summed E-state index contributed by atoms with van der Waals surface area (Å²) in [5.74, 6) is -2.09. The molecule has 8 nitrogen and oxygen atoms in total. The number of halogens is 2. The molecular formula is C24H29F2N5O3. The van der Waals surface area contributed by atoms with Crippen LogP contribution in [0.25, 0.3) is 0 Å². The standard InChI is InChI=1S/C24H29F2N5O3/c1-16-6-7-18(14-17(16)2)15-27-29-21-19(25)22(30-8-4-3-5-9-30)28-23(20(21)26)33-12-10-31-11-13-34-24(31)32/h6-7,14-15H,3-5,8-13H2,1-2H3,(H,28,29)/b27-15+. The van der Waals surface area contributed by atoms with E-state index in [1.807, 2.05) is 32.0 Å². The Hall–Kier alpha value is -3.43. The highest BCUT2D eigenvalue weighted by Crippen LogP contribution is 2.33. The molecule has 2 saturated heterocycles. The number of pyridine rings is 1. The summed E-state index contributed by atoms with van der Waals surface area (Å²) in [6, 6.07) is 5.78. The van der Waals surface area contributed by atoms with Gasteiger partial charge in [-0.15, -0.1) is 0 Å². The number of nitrogens with zero attached hydrogens (tertiary/aromatic N) is 4. The molecule has 0 unspecified atom stereocenters. The monoisotopic (exact) mass is 473 g/mol. The zero-order valence-corrected chi connectivity index (χ0v) is 19.4. The molecule has 2 aliphatic rings. The van der Waals surface area contributed by atoms with E-state index in [4.69, 9.17) is 9.47 Å². The topological polar surface area (TPSA) is 79.3 Å². The molecule has 34 heavy (non-hydrogen) atoms. The number of carbonyl (C=O) groups is 1. The Kier molecular flexibility index (Phi) is 7.44. The van der Waals surface area contributed by atoms with E-state index in [1.165, 1.54) is 11.1 Å². The number of anilines is 2. The van der Waals surface area contributed by atoms with Crippen molar-refractivity contribution in [2.24, 2.45) is 5.10 Å². The Morgan fingerprint density at radius 3 is 2.65 bits per heavy atom. The van der Waals surface area contributed by atoms with Gasteiger partial charge in [-0.05, 0) is 49.8 Å². The lowest BCUT2D eigenvalue weighted by molar-refractivity contribution is 0.152. The fraction of sp³-hybridized carbons (Fsp3) is 0.458. The average Bonchev–Trinajstić information content (AvgIpc) is 3.25. The highest BCUT2D eigenvalue weighted by molar-refractivity contribution is 5.80. The van der Waals surface area contributed by atoms with Gasteiger partial charge < -0.3 is 19.3 Å². The second-order valence-electron chi connectivity index (χ2n) is 8.45. The van der Waals surface area contributed by atoms with Crippen LogP contribution in [-0.2, 0) is 4.74 Å². The summed E-state index contributed by atoms with van der Waals surface area (Å²) in [7, 11) is 0. The number of aromatic nitrogens is 1. The van der Waals surface area contributed by atoms with Gasteiger partial charge >= 0.3 is 6.09 Å². The van der Waals surface area contributed by atoms with Gasteiger partial charge in [0.25, 0.3) is 5.88 Å². The van der Waals surface area contributed by atoms with E-state index in [0.717, 1.165) is 36.0 Å². The summed E-state index contributed by atoms with van der Waals surface area (Å²) >= 11 is 0. The maximum atomic E-state index is 15.4. The minimum absolute atomic E-state index is 0.00452. The van der Waals surface area contributed by atoms with Crippen LogP contribution in [0.3, 0.4) is 0 Å². The molecule has 2 fully saturated rings. The summed E-state index contributed by atoms with van der Waals surface area (Å²) in [4.78, 5) is 19.0.